The Morgan fingerprint density at radius 3 is 2.00 bits per heavy atom. The summed E-state index contributed by atoms with van der Waals surface area (Å²) in [6, 6.07) is 0.504. The van der Waals surface area contributed by atoms with Gasteiger partial charge in [0.25, 0.3) is 0 Å². The van der Waals surface area contributed by atoms with Crippen LogP contribution in [0.25, 0.3) is 0 Å². The summed E-state index contributed by atoms with van der Waals surface area (Å²) in [6.45, 7) is 11.6. The molecule has 2 rings (SSSR count). The van der Waals surface area contributed by atoms with Crippen LogP contribution in [-0.2, 0) is 4.43 Å². The van der Waals surface area contributed by atoms with Crippen molar-refractivity contribution in [1.82, 2.24) is 0 Å². The van der Waals surface area contributed by atoms with E-state index in [0.717, 1.165) is 11.8 Å². The molecule has 0 bridgehead atoms. The van der Waals surface area contributed by atoms with Crippen LogP contribution in [0.1, 0.15) is 33.6 Å². The molecule has 0 heterocycles. The summed E-state index contributed by atoms with van der Waals surface area (Å²) in [7, 11) is -1.54. The van der Waals surface area contributed by atoms with Crippen LogP contribution in [0, 0.1) is 11.8 Å². The van der Waals surface area contributed by atoms with E-state index in [1.54, 1.807) is 0 Å². The molecule has 2 fully saturated rings. The van der Waals surface area contributed by atoms with Crippen molar-refractivity contribution in [2.24, 2.45) is 17.6 Å². The molecule has 0 spiro atoms. The highest BCUT2D eigenvalue weighted by atomic mass is 28.4. The van der Waals surface area contributed by atoms with Crippen molar-refractivity contribution in [3.63, 3.8) is 0 Å². The molecule has 0 radical (unpaired) electrons. The van der Waals surface area contributed by atoms with Crippen LogP contribution in [0.4, 0.5) is 0 Å². The lowest BCUT2D eigenvalue weighted by Gasteiger charge is -2.39. The van der Waals surface area contributed by atoms with Crippen LogP contribution in [0.15, 0.2) is 0 Å². The molecule has 3 heteroatoms. The molecule has 88 valence electrons. The lowest BCUT2D eigenvalue weighted by Crippen LogP contribution is -2.44. The number of nitrogens with two attached hydrogens (primary N) is 1. The summed E-state index contributed by atoms with van der Waals surface area (Å²) in [5, 5.41) is 0.335. The summed E-state index contributed by atoms with van der Waals surface area (Å²) in [4.78, 5) is 0. The van der Waals surface area contributed by atoms with Gasteiger partial charge >= 0.3 is 0 Å². The molecule has 0 aromatic rings. The van der Waals surface area contributed by atoms with E-state index in [-0.39, 0.29) is 0 Å². The molecule has 15 heavy (non-hydrogen) atoms. The maximum Gasteiger partial charge on any atom is 0.192 e. The van der Waals surface area contributed by atoms with Gasteiger partial charge in [-0.05, 0) is 42.8 Å². The van der Waals surface area contributed by atoms with Gasteiger partial charge in [0.15, 0.2) is 8.32 Å². The molecule has 2 nitrogen and oxygen atoms in total. The maximum absolute atomic E-state index is 6.40. The van der Waals surface area contributed by atoms with Gasteiger partial charge in [0.05, 0.1) is 0 Å². The molecule has 2 unspecified atom stereocenters. The van der Waals surface area contributed by atoms with Gasteiger partial charge in [-0.25, -0.2) is 0 Å². The minimum Gasteiger partial charge on any atom is -0.414 e. The molecule has 0 saturated heterocycles. The van der Waals surface area contributed by atoms with Crippen molar-refractivity contribution in [1.29, 1.82) is 0 Å². The second kappa shape index (κ2) is 3.31. The largest absolute Gasteiger partial charge is 0.414 e. The van der Waals surface area contributed by atoms with E-state index in [9.17, 15) is 0 Å². The van der Waals surface area contributed by atoms with Gasteiger partial charge < -0.3 is 10.2 Å². The van der Waals surface area contributed by atoms with Crippen LogP contribution >= 0.6 is 0 Å². The van der Waals surface area contributed by atoms with E-state index in [4.69, 9.17) is 10.2 Å². The van der Waals surface area contributed by atoms with E-state index in [2.05, 4.69) is 33.9 Å². The number of hydrogen-bond acceptors (Lipinski definition) is 2. The average Bonchev–Trinajstić information content (AvgIpc) is 2.54. The van der Waals surface area contributed by atoms with Gasteiger partial charge in [0.1, 0.15) is 0 Å². The number of hydrogen-bond donors (Lipinski definition) is 1. The second-order valence-electron chi connectivity index (χ2n) is 6.88. The Labute approximate surface area is 94.7 Å². The third-order valence-corrected chi connectivity index (χ3v) is 9.27. The fraction of sp³-hybridized carbons (Fsp3) is 1.00. The number of fused-ring (bicyclic) bond motifs is 1. The Morgan fingerprint density at radius 2 is 1.60 bits per heavy atom. The zero-order valence-corrected chi connectivity index (χ0v) is 11.7. The highest BCUT2D eigenvalue weighted by Gasteiger charge is 2.55. The second-order valence-corrected chi connectivity index (χ2v) is 11.6. The van der Waals surface area contributed by atoms with Gasteiger partial charge in [-0.2, -0.15) is 0 Å². The zero-order valence-electron chi connectivity index (χ0n) is 10.7. The van der Waals surface area contributed by atoms with Crippen LogP contribution in [0.5, 0.6) is 0 Å². The van der Waals surface area contributed by atoms with Crippen molar-refractivity contribution in [3.05, 3.63) is 0 Å². The standard InChI is InChI=1S/C12H25NOSi/c1-12(2,3)15(4,5)14-8-6-9-10(7-8)11(9)13/h8-11H,6-7,13H2,1-5H3. The van der Waals surface area contributed by atoms with Crippen molar-refractivity contribution in [3.8, 4) is 0 Å². The predicted octanol–water partition coefficient (Wildman–Crippen LogP) is 2.74. The third kappa shape index (κ3) is 2.02. The smallest absolute Gasteiger partial charge is 0.192 e. The van der Waals surface area contributed by atoms with Gasteiger partial charge in [0.2, 0.25) is 0 Å². The topological polar surface area (TPSA) is 35.2 Å². The van der Waals surface area contributed by atoms with E-state index in [1.807, 2.05) is 0 Å². The first-order chi connectivity index (χ1) is 6.72. The van der Waals surface area contributed by atoms with E-state index in [0.29, 0.717) is 17.2 Å². The van der Waals surface area contributed by atoms with Crippen molar-refractivity contribution in [2.75, 3.05) is 0 Å². The SMILES string of the molecule is CC(C)(C)[Si](C)(C)OC1CC2C(N)C2C1. The summed E-state index contributed by atoms with van der Waals surface area (Å²) in [6.07, 6.45) is 2.96. The van der Waals surface area contributed by atoms with Crippen LogP contribution in [-0.4, -0.2) is 20.5 Å². The molecule has 2 N–H and O–H groups in total. The Kier molecular flexibility index (Phi) is 2.57. The Balaban J connectivity index is 1.88. The average molecular weight is 227 g/mol. The lowest BCUT2D eigenvalue weighted by atomic mass is 10.2. The van der Waals surface area contributed by atoms with E-state index < -0.39 is 8.32 Å². The molecule has 2 atom stereocenters. The predicted molar refractivity (Wildman–Crippen MR) is 66.3 cm³/mol. The Morgan fingerprint density at radius 1 is 1.13 bits per heavy atom. The minimum absolute atomic E-state index is 0.335. The normalized spacial score (nSPS) is 40.4. The van der Waals surface area contributed by atoms with Crippen LogP contribution in [0.3, 0.4) is 0 Å². The highest BCUT2D eigenvalue weighted by molar-refractivity contribution is 6.74. The van der Waals surface area contributed by atoms with Crippen molar-refractivity contribution < 1.29 is 4.43 Å². The molecule has 0 amide bonds. The fourth-order valence-electron chi connectivity index (χ4n) is 2.53. The minimum atomic E-state index is -1.54. The first kappa shape index (κ1) is 11.6. The summed E-state index contributed by atoms with van der Waals surface area (Å²) in [5.41, 5.74) is 5.94. The molecule has 0 aromatic carbocycles. The molecular weight excluding hydrogens is 202 g/mol. The van der Waals surface area contributed by atoms with Gasteiger partial charge in [0, 0.05) is 12.1 Å². The fourth-order valence-corrected chi connectivity index (χ4v) is 3.91. The van der Waals surface area contributed by atoms with Crippen molar-refractivity contribution >= 4 is 8.32 Å². The highest BCUT2D eigenvalue weighted by Crippen LogP contribution is 2.53. The quantitative estimate of drug-likeness (QED) is 0.736. The summed E-state index contributed by atoms with van der Waals surface area (Å²) < 4.78 is 6.40. The van der Waals surface area contributed by atoms with Crippen molar-refractivity contribution in [2.45, 2.75) is 63.9 Å². The molecule has 2 saturated carbocycles. The monoisotopic (exact) mass is 227 g/mol. The van der Waals surface area contributed by atoms with Gasteiger partial charge in [-0.15, -0.1) is 0 Å². The Hall–Kier alpha value is 0.137. The molecule has 2 aliphatic carbocycles. The first-order valence-electron chi connectivity index (χ1n) is 6.16. The van der Waals surface area contributed by atoms with Crippen LogP contribution < -0.4 is 5.73 Å². The van der Waals surface area contributed by atoms with E-state index >= 15 is 0 Å². The van der Waals surface area contributed by atoms with E-state index in [1.165, 1.54) is 12.8 Å². The molecule has 0 aliphatic heterocycles. The molecule has 0 aromatic heterocycles. The lowest BCUT2D eigenvalue weighted by molar-refractivity contribution is 0.171. The zero-order chi connectivity index (χ0) is 11.4. The first-order valence-corrected chi connectivity index (χ1v) is 9.06. The third-order valence-electron chi connectivity index (χ3n) is 4.74. The van der Waals surface area contributed by atoms with Gasteiger partial charge in [-0.3, -0.25) is 0 Å². The molecular formula is C12H25NOSi. The maximum atomic E-state index is 6.40. The van der Waals surface area contributed by atoms with Crippen LogP contribution in [0.2, 0.25) is 18.1 Å². The Bertz CT molecular complexity index is 247. The number of rotatable bonds is 2. The summed E-state index contributed by atoms with van der Waals surface area (Å²) in [5.74, 6) is 1.58. The van der Waals surface area contributed by atoms with Gasteiger partial charge in [-0.1, -0.05) is 20.8 Å². The molecule has 2 aliphatic rings. The summed E-state index contributed by atoms with van der Waals surface area (Å²) >= 11 is 0.